The number of aliphatic hydroxyl groups is 1. The summed E-state index contributed by atoms with van der Waals surface area (Å²) in [7, 11) is -4.55. The van der Waals surface area contributed by atoms with Gasteiger partial charge in [0, 0.05) is 6.42 Å². The highest BCUT2D eigenvalue weighted by Gasteiger charge is 2.25. The number of aliphatic hydroxyl groups excluding tert-OH is 1. The fourth-order valence-electron chi connectivity index (χ4n) is 2.04. The molecule has 0 aliphatic heterocycles. The maximum absolute atomic E-state index is 11.4. The van der Waals surface area contributed by atoms with Crippen molar-refractivity contribution in [3.63, 3.8) is 0 Å². The van der Waals surface area contributed by atoms with Crippen LogP contribution in [0.4, 0.5) is 0 Å². The average molecular weight is 310 g/mol. The molecule has 0 heterocycles. The molecule has 2 rings (SSSR count). The highest BCUT2D eigenvalue weighted by atomic mass is 31.2. The summed E-state index contributed by atoms with van der Waals surface area (Å²) in [6.45, 7) is 0. The molecular formula is C14H15O6P. The van der Waals surface area contributed by atoms with E-state index < -0.39 is 13.7 Å². The van der Waals surface area contributed by atoms with Crippen LogP contribution >= 0.6 is 7.60 Å². The minimum Gasteiger partial charge on any atom is -0.508 e. The second-order valence-corrected chi connectivity index (χ2v) is 6.24. The molecule has 2 aromatic rings. The van der Waals surface area contributed by atoms with Gasteiger partial charge in [-0.3, -0.25) is 4.57 Å². The molecule has 0 radical (unpaired) electrons. The molecular weight excluding hydrogens is 295 g/mol. The Balaban J connectivity index is 2.34. The average Bonchev–Trinajstić information content (AvgIpc) is 2.40. The number of phenols is 2. The summed E-state index contributed by atoms with van der Waals surface area (Å²) in [5.74, 6) is -0.103. The Kier molecular flexibility index (Phi) is 4.34. The van der Waals surface area contributed by atoms with Crippen molar-refractivity contribution >= 4 is 12.9 Å². The molecule has 0 amide bonds. The minimum absolute atomic E-state index is 0.0172. The van der Waals surface area contributed by atoms with Gasteiger partial charge in [-0.2, -0.15) is 0 Å². The third-order valence-corrected chi connectivity index (χ3v) is 4.08. The quantitative estimate of drug-likeness (QED) is 0.541. The zero-order chi connectivity index (χ0) is 15.6. The second-order valence-electron chi connectivity index (χ2n) is 4.67. The van der Waals surface area contributed by atoms with E-state index in [-0.39, 0.29) is 28.8 Å². The SMILES string of the molecule is O=P(O)(O)c1ccc(O)cc1C(O)Cc1ccc(O)cc1. The lowest BCUT2D eigenvalue weighted by Crippen LogP contribution is -2.16. The van der Waals surface area contributed by atoms with Crippen molar-refractivity contribution in [2.75, 3.05) is 0 Å². The first kappa shape index (κ1) is 15.5. The molecule has 0 spiro atoms. The lowest BCUT2D eigenvalue weighted by molar-refractivity contribution is 0.178. The van der Waals surface area contributed by atoms with E-state index in [1.165, 1.54) is 12.1 Å². The molecule has 0 bridgehead atoms. The number of hydrogen-bond acceptors (Lipinski definition) is 4. The number of rotatable bonds is 4. The normalized spacial score (nSPS) is 13.1. The van der Waals surface area contributed by atoms with Gasteiger partial charge in [0.25, 0.3) is 0 Å². The Morgan fingerprint density at radius 2 is 1.52 bits per heavy atom. The van der Waals surface area contributed by atoms with Crippen LogP contribution in [0.1, 0.15) is 17.2 Å². The van der Waals surface area contributed by atoms with Crippen molar-refractivity contribution in [1.82, 2.24) is 0 Å². The van der Waals surface area contributed by atoms with Crippen LogP contribution in [0.15, 0.2) is 42.5 Å². The molecule has 0 aliphatic rings. The third-order valence-electron chi connectivity index (χ3n) is 3.05. The summed E-state index contributed by atoms with van der Waals surface area (Å²) in [6.07, 6.45) is -1.10. The molecule has 6 nitrogen and oxygen atoms in total. The maximum atomic E-state index is 11.4. The number of benzene rings is 2. The van der Waals surface area contributed by atoms with Crippen LogP contribution in [0.25, 0.3) is 0 Å². The summed E-state index contributed by atoms with van der Waals surface area (Å²) in [6, 6.07) is 9.50. The van der Waals surface area contributed by atoms with E-state index in [0.29, 0.717) is 5.56 Å². The summed E-state index contributed by atoms with van der Waals surface area (Å²) in [5, 5.41) is 28.5. The van der Waals surface area contributed by atoms with Gasteiger partial charge in [0.05, 0.1) is 11.4 Å². The molecule has 0 aromatic heterocycles. The molecule has 2 aromatic carbocycles. The maximum Gasteiger partial charge on any atom is 0.356 e. The van der Waals surface area contributed by atoms with Gasteiger partial charge < -0.3 is 25.1 Å². The van der Waals surface area contributed by atoms with Crippen LogP contribution in [-0.2, 0) is 11.0 Å². The van der Waals surface area contributed by atoms with Crippen molar-refractivity contribution in [3.8, 4) is 11.5 Å². The summed E-state index contributed by atoms with van der Waals surface area (Å²) in [4.78, 5) is 18.6. The second kappa shape index (κ2) is 5.87. The topological polar surface area (TPSA) is 118 Å². The smallest absolute Gasteiger partial charge is 0.356 e. The van der Waals surface area contributed by atoms with Crippen LogP contribution in [0.2, 0.25) is 0 Å². The van der Waals surface area contributed by atoms with Crippen molar-refractivity contribution < 1.29 is 29.7 Å². The highest BCUT2D eigenvalue weighted by Crippen LogP contribution is 2.37. The van der Waals surface area contributed by atoms with Crippen molar-refractivity contribution in [3.05, 3.63) is 53.6 Å². The zero-order valence-corrected chi connectivity index (χ0v) is 11.8. The van der Waals surface area contributed by atoms with Crippen LogP contribution in [0.3, 0.4) is 0 Å². The van der Waals surface area contributed by atoms with E-state index in [2.05, 4.69) is 0 Å². The predicted molar refractivity (Wildman–Crippen MR) is 76.6 cm³/mol. The molecule has 1 unspecified atom stereocenters. The molecule has 0 saturated carbocycles. The molecule has 5 N–H and O–H groups in total. The Bertz CT molecular complexity index is 676. The van der Waals surface area contributed by atoms with Gasteiger partial charge in [-0.25, -0.2) is 0 Å². The largest absolute Gasteiger partial charge is 0.508 e. The number of hydrogen-bond donors (Lipinski definition) is 5. The lowest BCUT2D eigenvalue weighted by atomic mass is 10.0. The van der Waals surface area contributed by atoms with Gasteiger partial charge in [0.2, 0.25) is 0 Å². The lowest BCUT2D eigenvalue weighted by Gasteiger charge is -2.17. The van der Waals surface area contributed by atoms with Crippen LogP contribution < -0.4 is 5.30 Å². The fourth-order valence-corrected chi connectivity index (χ4v) is 2.86. The summed E-state index contributed by atoms with van der Waals surface area (Å²) in [5.41, 5.74) is 0.664. The Labute approximate surface area is 121 Å². The van der Waals surface area contributed by atoms with E-state index in [0.717, 1.165) is 18.2 Å². The first-order valence-electron chi connectivity index (χ1n) is 6.12. The third kappa shape index (κ3) is 3.83. The molecule has 0 aliphatic carbocycles. The van der Waals surface area contributed by atoms with Crippen LogP contribution in [-0.4, -0.2) is 25.1 Å². The Morgan fingerprint density at radius 1 is 0.952 bits per heavy atom. The molecule has 0 fully saturated rings. The van der Waals surface area contributed by atoms with Crippen molar-refractivity contribution in [1.29, 1.82) is 0 Å². The highest BCUT2D eigenvalue weighted by molar-refractivity contribution is 7.60. The predicted octanol–water partition coefficient (Wildman–Crippen LogP) is 1.18. The van der Waals surface area contributed by atoms with Crippen molar-refractivity contribution in [2.45, 2.75) is 12.5 Å². The van der Waals surface area contributed by atoms with E-state index >= 15 is 0 Å². The van der Waals surface area contributed by atoms with E-state index in [1.807, 2.05) is 0 Å². The monoisotopic (exact) mass is 310 g/mol. The number of aromatic hydroxyl groups is 2. The fraction of sp³-hybridized carbons (Fsp3) is 0.143. The summed E-state index contributed by atoms with van der Waals surface area (Å²) < 4.78 is 11.4. The molecule has 7 heteroatoms. The van der Waals surface area contributed by atoms with E-state index in [9.17, 15) is 29.7 Å². The minimum atomic E-state index is -4.55. The van der Waals surface area contributed by atoms with Gasteiger partial charge in [0.15, 0.2) is 0 Å². The van der Waals surface area contributed by atoms with E-state index in [1.54, 1.807) is 12.1 Å². The van der Waals surface area contributed by atoms with Gasteiger partial charge in [-0.15, -0.1) is 0 Å². The first-order chi connectivity index (χ1) is 9.77. The molecule has 0 saturated heterocycles. The first-order valence-corrected chi connectivity index (χ1v) is 7.73. The zero-order valence-electron chi connectivity index (χ0n) is 10.9. The Morgan fingerprint density at radius 3 is 2.10 bits per heavy atom. The van der Waals surface area contributed by atoms with E-state index in [4.69, 9.17) is 0 Å². The molecule has 1 atom stereocenters. The van der Waals surface area contributed by atoms with Gasteiger partial charge in [-0.05, 0) is 41.5 Å². The van der Waals surface area contributed by atoms with Crippen LogP contribution in [0, 0.1) is 0 Å². The van der Waals surface area contributed by atoms with Gasteiger partial charge in [0.1, 0.15) is 11.5 Å². The number of phenolic OH excluding ortho intramolecular Hbond substituents is 2. The summed E-state index contributed by atoms with van der Waals surface area (Å²) >= 11 is 0. The van der Waals surface area contributed by atoms with Gasteiger partial charge >= 0.3 is 7.60 Å². The Hall–Kier alpha value is -1.85. The standard InChI is InChI=1S/C14H15O6P/c15-10-3-1-9(2-4-10)7-13(17)12-8-11(16)5-6-14(12)21(18,19)20/h1-6,8,13,15-17H,7H2,(H2,18,19,20). The molecule has 21 heavy (non-hydrogen) atoms. The van der Waals surface area contributed by atoms with Gasteiger partial charge in [-0.1, -0.05) is 12.1 Å². The van der Waals surface area contributed by atoms with Crippen molar-refractivity contribution in [2.24, 2.45) is 0 Å². The van der Waals surface area contributed by atoms with Crippen LogP contribution in [0.5, 0.6) is 11.5 Å². The molecule has 112 valence electrons.